The molecule has 0 radical (unpaired) electrons. The molecule has 0 bridgehead atoms. The summed E-state index contributed by atoms with van der Waals surface area (Å²) >= 11 is 6.40. The summed E-state index contributed by atoms with van der Waals surface area (Å²) in [5.74, 6) is 0.830. The van der Waals surface area contributed by atoms with Gasteiger partial charge in [0.05, 0.1) is 13.2 Å². The van der Waals surface area contributed by atoms with Gasteiger partial charge in [-0.25, -0.2) is 0 Å². The lowest BCUT2D eigenvalue weighted by Crippen LogP contribution is -2.47. The van der Waals surface area contributed by atoms with Gasteiger partial charge in [-0.1, -0.05) is 42.4 Å². The molecule has 5 atom stereocenters. The van der Waals surface area contributed by atoms with E-state index in [1.54, 1.807) is 12.1 Å². The van der Waals surface area contributed by atoms with Gasteiger partial charge in [-0.15, -0.1) is 0 Å². The molecule has 30 heavy (non-hydrogen) atoms. The molecule has 6 nitrogen and oxygen atoms in total. The molecular formula is C23H25ClO6. The summed E-state index contributed by atoms with van der Waals surface area (Å²) in [7, 11) is 0. The van der Waals surface area contributed by atoms with Crippen molar-refractivity contribution in [1.29, 1.82) is 0 Å². The van der Waals surface area contributed by atoms with Crippen LogP contribution in [0, 0.1) is 0 Å². The number of hydrogen-bond acceptors (Lipinski definition) is 6. The molecule has 0 amide bonds. The number of rotatable bonds is 5. The molecule has 2 aromatic rings. The topological polar surface area (TPSA) is 88.4 Å². The molecule has 2 aromatic carbocycles. The van der Waals surface area contributed by atoms with E-state index in [1.165, 1.54) is 0 Å². The Morgan fingerprint density at radius 2 is 1.83 bits per heavy atom. The first kappa shape index (κ1) is 21.2. The maximum absolute atomic E-state index is 10.3. The van der Waals surface area contributed by atoms with Crippen LogP contribution in [-0.4, -0.2) is 52.9 Å². The third-order valence-electron chi connectivity index (χ3n) is 5.50. The van der Waals surface area contributed by atoms with Crippen molar-refractivity contribution >= 4 is 11.6 Å². The first-order chi connectivity index (χ1) is 14.4. The highest BCUT2D eigenvalue weighted by atomic mass is 35.5. The fourth-order valence-electron chi connectivity index (χ4n) is 3.74. The third-order valence-corrected chi connectivity index (χ3v) is 5.87. The lowest BCUT2D eigenvalue weighted by atomic mass is 9.92. The third kappa shape index (κ3) is 4.48. The predicted octanol–water partition coefficient (Wildman–Crippen LogP) is 2.77. The van der Waals surface area contributed by atoms with E-state index < -0.39 is 24.4 Å². The van der Waals surface area contributed by atoms with Crippen molar-refractivity contribution in [2.75, 3.05) is 13.2 Å². The molecule has 2 heterocycles. The number of aliphatic hydroxyl groups is 3. The standard InChI is InChI=1S/C23H25ClO6/c1-13-20(25)21(26)22(27)23(29-13)15-4-7-19(24)16(11-15)10-14-2-5-17(6-3-14)30-18-8-9-28-12-18/h2-7,11,18,20-23,25-27H,1,8-10,12H2/t18-,20+,21-,22+,23-/m0/s1. The maximum Gasteiger partial charge on any atom is 0.152 e. The SMILES string of the molecule is C=C1O[C@@H](c2ccc(Cl)c(Cc3ccc(O[C@H]4CCOC4)cc3)c2)[C@H](O)[C@@H](O)[C@@H]1O. The summed E-state index contributed by atoms with van der Waals surface area (Å²) in [5, 5.41) is 30.8. The Morgan fingerprint density at radius 3 is 2.53 bits per heavy atom. The molecule has 160 valence electrons. The maximum atomic E-state index is 10.3. The van der Waals surface area contributed by atoms with Crippen molar-refractivity contribution in [3.63, 3.8) is 0 Å². The van der Waals surface area contributed by atoms with Crippen LogP contribution < -0.4 is 4.74 Å². The highest BCUT2D eigenvalue weighted by Gasteiger charge is 2.41. The van der Waals surface area contributed by atoms with Crippen molar-refractivity contribution in [1.82, 2.24) is 0 Å². The summed E-state index contributed by atoms with van der Waals surface area (Å²) in [5.41, 5.74) is 2.55. The zero-order chi connectivity index (χ0) is 21.3. The zero-order valence-electron chi connectivity index (χ0n) is 16.4. The Hall–Kier alpha value is -2.09. The molecule has 2 aliphatic heterocycles. The second-order valence-corrected chi connectivity index (χ2v) is 8.11. The molecular weight excluding hydrogens is 408 g/mol. The fraction of sp³-hybridized carbons (Fsp3) is 0.391. The van der Waals surface area contributed by atoms with Crippen LogP contribution in [0.15, 0.2) is 54.8 Å². The van der Waals surface area contributed by atoms with Crippen molar-refractivity contribution in [3.05, 3.63) is 76.5 Å². The first-order valence-electron chi connectivity index (χ1n) is 9.93. The van der Waals surface area contributed by atoms with Crippen LogP contribution in [0.2, 0.25) is 5.02 Å². The van der Waals surface area contributed by atoms with Crippen LogP contribution in [-0.2, 0) is 15.9 Å². The largest absolute Gasteiger partial charge is 0.488 e. The van der Waals surface area contributed by atoms with Gasteiger partial charge in [0.1, 0.15) is 35.9 Å². The lowest BCUT2D eigenvalue weighted by molar-refractivity contribution is -0.157. The minimum absolute atomic E-state index is 0.0255. The molecule has 0 aromatic heterocycles. The summed E-state index contributed by atoms with van der Waals surface area (Å²) in [4.78, 5) is 0. The molecule has 3 N–H and O–H groups in total. The average Bonchev–Trinajstić information content (AvgIpc) is 3.25. The van der Waals surface area contributed by atoms with E-state index in [4.69, 9.17) is 25.8 Å². The Balaban J connectivity index is 1.49. The molecule has 2 fully saturated rings. The zero-order valence-corrected chi connectivity index (χ0v) is 17.2. The minimum Gasteiger partial charge on any atom is -0.488 e. The number of hydrogen-bond donors (Lipinski definition) is 3. The molecule has 2 saturated heterocycles. The van der Waals surface area contributed by atoms with Gasteiger partial charge in [-0.2, -0.15) is 0 Å². The van der Waals surface area contributed by atoms with E-state index in [9.17, 15) is 15.3 Å². The van der Waals surface area contributed by atoms with Gasteiger partial charge >= 0.3 is 0 Å². The Morgan fingerprint density at radius 1 is 1.07 bits per heavy atom. The molecule has 0 spiro atoms. The number of benzene rings is 2. The van der Waals surface area contributed by atoms with E-state index in [-0.39, 0.29) is 11.9 Å². The van der Waals surface area contributed by atoms with Crippen LogP contribution in [0.4, 0.5) is 0 Å². The van der Waals surface area contributed by atoms with E-state index in [1.807, 2.05) is 30.3 Å². The van der Waals surface area contributed by atoms with E-state index in [0.717, 1.165) is 29.9 Å². The fourth-order valence-corrected chi connectivity index (χ4v) is 3.92. The van der Waals surface area contributed by atoms with E-state index in [0.29, 0.717) is 23.6 Å². The van der Waals surface area contributed by atoms with Gasteiger partial charge in [-0.05, 0) is 41.3 Å². The molecule has 4 rings (SSSR count). The second kappa shape index (κ2) is 8.96. The smallest absolute Gasteiger partial charge is 0.152 e. The highest BCUT2D eigenvalue weighted by Crippen LogP contribution is 2.35. The number of halogens is 1. The molecule has 7 heteroatoms. The van der Waals surface area contributed by atoms with E-state index in [2.05, 4.69) is 6.58 Å². The minimum atomic E-state index is -1.37. The van der Waals surface area contributed by atoms with Gasteiger partial charge in [0.2, 0.25) is 0 Å². The summed E-state index contributed by atoms with van der Waals surface area (Å²) in [6, 6.07) is 13.2. The Kier molecular flexibility index (Phi) is 6.32. The average molecular weight is 433 g/mol. The second-order valence-electron chi connectivity index (χ2n) is 7.71. The monoisotopic (exact) mass is 432 g/mol. The van der Waals surface area contributed by atoms with Crippen LogP contribution >= 0.6 is 11.6 Å². The van der Waals surface area contributed by atoms with Crippen molar-refractivity contribution in [2.45, 2.75) is 43.4 Å². The van der Waals surface area contributed by atoms with Gasteiger partial charge in [-0.3, -0.25) is 0 Å². The van der Waals surface area contributed by atoms with Gasteiger partial charge in [0, 0.05) is 11.4 Å². The molecule has 0 aliphatic carbocycles. The van der Waals surface area contributed by atoms with Crippen molar-refractivity contribution in [2.24, 2.45) is 0 Å². The number of aliphatic hydroxyl groups excluding tert-OH is 3. The van der Waals surface area contributed by atoms with Crippen molar-refractivity contribution < 1.29 is 29.5 Å². The van der Waals surface area contributed by atoms with Crippen LogP contribution in [0.25, 0.3) is 0 Å². The summed E-state index contributed by atoms with van der Waals surface area (Å²) < 4.78 is 16.8. The molecule has 2 aliphatic rings. The quantitative estimate of drug-likeness (QED) is 0.673. The highest BCUT2D eigenvalue weighted by molar-refractivity contribution is 6.31. The first-order valence-corrected chi connectivity index (χ1v) is 10.3. The van der Waals surface area contributed by atoms with Gasteiger partial charge in [0.25, 0.3) is 0 Å². The van der Waals surface area contributed by atoms with Crippen molar-refractivity contribution in [3.8, 4) is 5.75 Å². The molecule has 0 unspecified atom stereocenters. The lowest BCUT2D eigenvalue weighted by Gasteiger charge is -2.37. The van der Waals surface area contributed by atoms with Crippen LogP contribution in [0.1, 0.15) is 29.2 Å². The van der Waals surface area contributed by atoms with Gasteiger partial charge in [0.15, 0.2) is 6.10 Å². The summed E-state index contributed by atoms with van der Waals surface area (Å²) in [6.07, 6.45) is -3.22. The Bertz CT molecular complexity index is 893. The summed E-state index contributed by atoms with van der Waals surface area (Å²) in [6.45, 7) is 4.98. The Labute approximate surface area is 180 Å². The number of ether oxygens (including phenoxy) is 3. The van der Waals surface area contributed by atoms with Gasteiger partial charge < -0.3 is 29.5 Å². The van der Waals surface area contributed by atoms with Crippen LogP contribution in [0.5, 0.6) is 5.75 Å². The predicted molar refractivity (Wildman–Crippen MR) is 112 cm³/mol. The normalized spacial score (nSPS) is 28.9. The molecule has 0 saturated carbocycles. The van der Waals surface area contributed by atoms with Crippen LogP contribution in [0.3, 0.4) is 0 Å². The van der Waals surface area contributed by atoms with E-state index >= 15 is 0 Å².